The average Bonchev–Trinajstić information content (AvgIpc) is 3.31. The van der Waals surface area contributed by atoms with E-state index in [1.807, 2.05) is 12.1 Å². The molecule has 230 valence electrons. The summed E-state index contributed by atoms with van der Waals surface area (Å²) in [5, 5.41) is 8.20. The van der Waals surface area contributed by atoms with Gasteiger partial charge in [0.15, 0.2) is 0 Å². The molecule has 2 N–H and O–H groups in total. The fourth-order valence-corrected chi connectivity index (χ4v) is 7.47. The third-order valence-electron chi connectivity index (χ3n) is 9.03. The molecule has 8 nitrogen and oxygen atoms in total. The van der Waals surface area contributed by atoms with E-state index in [9.17, 15) is 4.79 Å². The molecule has 5 rings (SSSR count). The third-order valence-corrected chi connectivity index (χ3v) is 9.78. The van der Waals surface area contributed by atoms with Crippen LogP contribution in [0, 0.1) is 11.8 Å². The largest absolute Gasteiger partial charge is 0.496 e. The van der Waals surface area contributed by atoms with Gasteiger partial charge in [-0.25, -0.2) is 9.97 Å². The number of amides is 1. The van der Waals surface area contributed by atoms with Gasteiger partial charge in [-0.1, -0.05) is 68.3 Å². The minimum atomic E-state index is -0.151. The monoisotopic (exact) mass is 626 g/mol. The molecule has 1 aromatic heterocycles. The molecule has 43 heavy (non-hydrogen) atoms. The van der Waals surface area contributed by atoms with Gasteiger partial charge >= 0.3 is 0 Å². The SMILES string of the molecule is C=CC(=O)NC1CC(C2CCCCCC2)CCC1Nc1ncc2cc(-c3c(Cl)c(OC)cc(OC)c3Cl)c(OC)cc2n1. The Bertz CT molecular complexity index is 1450. The van der Waals surface area contributed by atoms with Crippen molar-refractivity contribution in [3.63, 3.8) is 0 Å². The second-order valence-electron chi connectivity index (χ2n) is 11.5. The molecule has 1 amide bonds. The zero-order valence-electron chi connectivity index (χ0n) is 25.1. The molecule has 2 fully saturated rings. The van der Waals surface area contributed by atoms with Gasteiger partial charge in [0.1, 0.15) is 17.2 Å². The normalized spacial score (nSPS) is 21.1. The lowest BCUT2D eigenvalue weighted by Gasteiger charge is -2.40. The lowest BCUT2D eigenvalue weighted by Crippen LogP contribution is -2.51. The molecule has 0 aliphatic heterocycles. The number of anilines is 1. The molecule has 3 atom stereocenters. The van der Waals surface area contributed by atoms with Crippen molar-refractivity contribution in [3.05, 3.63) is 47.1 Å². The van der Waals surface area contributed by atoms with Crippen molar-refractivity contribution in [1.29, 1.82) is 0 Å². The van der Waals surface area contributed by atoms with E-state index in [4.69, 9.17) is 42.4 Å². The van der Waals surface area contributed by atoms with Crippen molar-refractivity contribution in [3.8, 4) is 28.4 Å². The minimum absolute atomic E-state index is 0.00593. The number of benzene rings is 2. The molecule has 1 heterocycles. The fourth-order valence-electron chi connectivity index (χ4n) is 6.77. The lowest BCUT2D eigenvalue weighted by molar-refractivity contribution is -0.117. The summed E-state index contributed by atoms with van der Waals surface area (Å²) in [6.07, 6.45) is 14.0. The summed E-state index contributed by atoms with van der Waals surface area (Å²) in [5.41, 5.74) is 1.89. The maximum Gasteiger partial charge on any atom is 0.243 e. The smallest absolute Gasteiger partial charge is 0.243 e. The average molecular weight is 628 g/mol. The molecule has 3 unspecified atom stereocenters. The van der Waals surface area contributed by atoms with Gasteiger partial charge in [-0.3, -0.25) is 4.79 Å². The molecular weight excluding hydrogens is 587 g/mol. The number of fused-ring (bicyclic) bond motifs is 1. The van der Waals surface area contributed by atoms with Gasteiger partial charge in [-0.15, -0.1) is 0 Å². The van der Waals surface area contributed by atoms with Gasteiger partial charge in [-0.2, -0.15) is 0 Å². The highest BCUT2D eigenvalue weighted by molar-refractivity contribution is 6.41. The first-order chi connectivity index (χ1) is 20.9. The van der Waals surface area contributed by atoms with Gasteiger partial charge in [0, 0.05) is 46.9 Å². The predicted molar refractivity (Wildman–Crippen MR) is 173 cm³/mol. The summed E-state index contributed by atoms with van der Waals surface area (Å²) >= 11 is 13.4. The number of rotatable bonds is 9. The number of nitrogens with zero attached hydrogens (tertiary/aromatic N) is 2. The van der Waals surface area contributed by atoms with Crippen molar-refractivity contribution < 1.29 is 19.0 Å². The summed E-state index contributed by atoms with van der Waals surface area (Å²) in [6.45, 7) is 3.67. The number of halogens is 2. The van der Waals surface area contributed by atoms with Crippen LogP contribution in [0.1, 0.15) is 57.8 Å². The van der Waals surface area contributed by atoms with E-state index in [-0.39, 0.29) is 18.0 Å². The number of ether oxygens (including phenoxy) is 3. The van der Waals surface area contributed by atoms with E-state index in [0.717, 1.165) is 30.6 Å². The highest BCUT2D eigenvalue weighted by Gasteiger charge is 2.35. The van der Waals surface area contributed by atoms with Crippen LogP contribution in [0.3, 0.4) is 0 Å². The van der Waals surface area contributed by atoms with Gasteiger partial charge in [0.05, 0.1) is 36.9 Å². The van der Waals surface area contributed by atoms with Crippen LogP contribution in [0.4, 0.5) is 5.95 Å². The first kappa shape index (κ1) is 31.2. The summed E-state index contributed by atoms with van der Waals surface area (Å²) < 4.78 is 16.7. The van der Waals surface area contributed by atoms with E-state index < -0.39 is 0 Å². The van der Waals surface area contributed by atoms with Crippen LogP contribution < -0.4 is 24.8 Å². The quantitative estimate of drug-likeness (QED) is 0.184. The lowest BCUT2D eigenvalue weighted by atomic mass is 9.73. The van der Waals surface area contributed by atoms with Gasteiger partial charge in [0.25, 0.3) is 0 Å². The number of nitrogens with one attached hydrogen (secondary N) is 2. The number of hydrogen-bond acceptors (Lipinski definition) is 7. The summed E-state index contributed by atoms with van der Waals surface area (Å²) in [4.78, 5) is 21.9. The Morgan fingerprint density at radius 1 is 0.884 bits per heavy atom. The van der Waals surface area contributed by atoms with E-state index >= 15 is 0 Å². The van der Waals surface area contributed by atoms with Crippen LogP contribution in [-0.4, -0.2) is 49.3 Å². The highest BCUT2D eigenvalue weighted by atomic mass is 35.5. The maximum atomic E-state index is 12.4. The molecule has 0 spiro atoms. The zero-order valence-corrected chi connectivity index (χ0v) is 26.6. The van der Waals surface area contributed by atoms with Crippen molar-refractivity contribution in [1.82, 2.24) is 15.3 Å². The summed E-state index contributed by atoms with van der Waals surface area (Å²) in [5.74, 6) is 3.09. The zero-order chi connectivity index (χ0) is 30.5. The number of hydrogen-bond donors (Lipinski definition) is 2. The summed E-state index contributed by atoms with van der Waals surface area (Å²) in [7, 11) is 4.66. The molecule has 2 aliphatic rings. The van der Waals surface area contributed by atoms with Gasteiger partial charge in [-0.05, 0) is 43.2 Å². The molecule has 3 aromatic rings. The highest BCUT2D eigenvalue weighted by Crippen LogP contribution is 2.49. The second-order valence-corrected chi connectivity index (χ2v) is 12.2. The molecule has 2 saturated carbocycles. The molecule has 0 saturated heterocycles. The maximum absolute atomic E-state index is 12.4. The number of methoxy groups -OCH3 is 3. The Balaban J connectivity index is 1.43. The predicted octanol–water partition coefficient (Wildman–Crippen LogP) is 7.85. The van der Waals surface area contributed by atoms with Crippen molar-refractivity contribution >= 4 is 46.0 Å². The van der Waals surface area contributed by atoms with Crippen molar-refractivity contribution in [2.45, 2.75) is 69.9 Å². The molecule has 2 aliphatic carbocycles. The number of carbonyl (C=O) groups excluding carboxylic acids is 1. The van der Waals surface area contributed by atoms with Crippen molar-refractivity contribution in [2.24, 2.45) is 11.8 Å². The Morgan fingerprint density at radius 2 is 1.56 bits per heavy atom. The van der Waals surface area contributed by atoms with E-state index in [1.54, 1.807) is 19.4 Å². The van der Waals surface area contributed by atoms with E-state index in [1.165, 1.54) is 58.8 Å². The van der Waals surface area contributed by atoms with Crippen LogP contribution in [-0.2, 0) is 4.79 Å². The van der Waals surface area contributed by atoms with Crippen LogP contribution in [0.25, 0.3) is 22.0 Å². The standard InChI is InChI=1S/C33H40Cl2N4O4/c1-5-29(40)37-25-15-20(19-10-8-6-7-9-11-19)12-13-23(25)38-33-36-18-21-14-22(26(41-2)16-24(21)39-33)30-31(34)27(42-3)17-28(43-4)32(30)35/h5,14,16-20,23,25H,1,6-13,15H2,2-4H3,(H,37,40)(H,36,38,39). The van der Waals surface area contributed by atoms with E-state index in [0.29, 0.717) is 55.8 Å². The first-order valence-corrected chi connectivity index (χ1v) is 15.8. The Hall–Kier alpha value is -3.23. The molecule has 10 heteroatoms. The molecule has 2 aromatic carbocycles. The first-order valence-electron chi connectivity index (χ1n) is 15.0. The number of carbonyl (C=O) groups is 1. The van der Waals surface area contributed by atoms with Crippen LogP contribution in [0.2, 0.25) is 10.0 Å². The number of aromatic nitrogens is 2. The van der Waals surface area contributed by atoms with Crippen molar-refractivity contribution in [2.75, 3.05) is 26.6 Å². The Morgan fingerprint density at radius 3 is 2.19 bits per heavy atom. The second kappa shape index (κ2) is 14.0. The molecule has 0 radical (unpaired) electrons. The van der Waals surface area contributed by atoms with Crippen LogP contribution in [0.15, 0.2) is 37.1 Å². The minimum Gasteiger partial charge on any atom is -0.496 e. The Kier molecular flexibility index (Phi) is 10.2. The van der Waals surface area contributed by atoms with Crippen LogP contribution in [0.5, 0.6) is 17.2 Å². The Labute approximate surface area is 263 Å². The van der Waals surface area contributed by atoms with Gasteiger partial charge in [0.2, 0.25) is 11.9 Å². The van der Waals surface area contributed by atoms with Crippen LogP contribution >= 0.6 is 23.2 Å². The third kappa shape index (κ3) is 6.80. The molecular formula is C33H40Cl2N4O4. The summed E-state index contributed by atoms with van der Waals surface area (Å²) in [6, 6.07) is 5.37. The topological polar surface area (TPSA) is 94.6 Å². The molecule has 0 bridgehead atoms. The fraction of sp³-hybridized carbons (Fsp3) is 0.485. The van der Waals surface area contributed by atoms with Gasteiger partial charge < -0.3 is 24.8 Å². The van der Waals surface area contributed by atoms with E-state index in [2.05, 4.69) is 22.2 Å².